The fourth-order valence-electron chi connectivity index (χ4n) is 1.55. The van der Waals surface area contributed by atoms with Crippen LogP contribution in [-0.2, 0) is 5.60 Å². The Hall–Kier alpha value is -0.960. The summed E-state index contributed by atoms with van der Waals surface area (Å²) in [7, 11) is 0. The van der Waals surface area contributed by atoms with Crippen molar-refractivity contribution in [3.05, 3.63) is 29.8 Å². The third-order valence-corrected chi connectivity index (χ3v) is 2.45. The van der Waals surface area contributed by atoms with Crippen LogP contribution in [0.5, 0.6) is 0 Å². The van der Waals surface area contributed by atoms with Crippen LogP contribution in [0.25, 0.3) is 0 Å². The van der Waals surface area contributed by atoms with Crippen molar-refractivity contribution in [1.82, 2.24) is 4.98 Å². The highest BCUT2D eigenvalue weighted by Crippen LogP contribution is 2.28. The summed E-state index contributed by atoms with van der Waals surface area (Å²) in [5, 5.41) is 10.2. The van der Waals surface area contributed by atoms with E-state index in [1.165, 1.54) is 6.07 Å². The molecule has 14 heavy (non-hydrogen) atoms. The molecule has 0 bridgehead atoms. The molecule has 1 aromatic heterocycles. The lowest BCUT2D eigenvalue weighted by Crippen LogP contribution is -2.25. The van der Waals surface area contributed by atoms with Crippen molar-refractivity contribution in [2.75, 3.05) is 0 Å². The van der Waals surface area contributed by atoms with E-state index in [1.54, 1.807) is 6.07 Å². The van der Waals surface area contributed by atoms with Gasteiger partial charge in [-0.25, -0.2) is 4.39 Å². The van der Waals surface area contributed by atoms with E-state index in [0.29, 0.717) is 18.5 Å². The molecule has 0 saturated heterocycles. The molecule has 0 saturated carbocycles. The van der Waals surface area contributed by atoms with E-state index in [4.69, 9.17) is 0 Å². The SMILES string of the molecule is CCCC(O)(CC)c1ccc(F)cn1. The Morgan fingerprint density at radius 3 is 2.57 bits per heavy atom. The van der Waals surface area contributed by atoms with Crippen molar-refractivity contribution in [2.24, 2.45) is 0 Å². The lowest BCUT2D eigenvalue weighted by molar-refractivity contribution is 0.0182. The predicted octanol–water partition coefficient (Wildman–Crippen LogP) is 2.62. The van der Waals surface area contributed by atoms with Crippen molar-refractivity contribution in [2.45, 2.75) is 38.7 Å². The standard InChI is InChI=1S/C11H16FNO/c1-3-7-11(14,4-2)10-6-5-9(12)8-13-10/h5-6,8,14H,3-4,7H2,1-2H3. The van der Waals surface area contributed by atoms with E-state index < -0.39 is 5.60 Å². The highest BCUT2D eigenvalue weighted by molar-refractivity contribution is 5.13. The number of rotatable bonds is 4. The monoisotopic (exact) mass is 197 g/mol. The molecule has 0 amide bonds. The number of nitrogens with zero attached hydrogens (tertiary/aromatic N) is 1. The van der Waals surface area contributed by atoms with Crippen molar-refractivity contribution in [3.63, 3.8) is 0 Å². The summed E-state index contributed by atoms with van der Waals surface area (Å²) in [5.74, 6) is -0.372. The molecule has 0 aliphatic rings. The molecule has 1 heterocycles. The largest absolute Gasteiger partial charge is 0.384 e. The quantitative estimate of drug-likeness (QED) is 0.804. The van der Waals surface area contributed by atoms with Gasteiger partial charge in [0.05, 0.1) is 11.9 Å². The Bertz CT molecular complexity index is 286. The first-order chi connectivity index (χ1) is 6.62. The average Bonchev–Trinajstić information content (AvgIpc) is 2.19. The van der Waals surface area contributed by atoms with E-state index in [2.05, 4.69) is 4.98 Å². The summed E-state index contributed by atoms with van der Waals surface area (Å²) < 4.78 is 12.6. The summed E-state index contributed by atoms with van der Waals surface area (Å²) in [4.78, 5) is 3.91. The van der Waals surface area contributed by atoms with Gasteiger partial charge in [-0.3, -0.25) is 4.98 Å². The minimum Gasteiger partial charge on any atom is -0.384 e. The Morgan fingerprint density at radius 1 is 1.43 bits per heavy atom. The molecule has 1 N–H and O–H groups in total. The maximum absolute atomic E-state index is 12.6. The van der Waals surface area contributed by atoms with Crippen molar-refractivity contribution in [1.29, 1.82) is 0 Å². The summed E-state index contributed by atoms with van der Waals surface area (Å²) in [6, 6.07) is 2.88. The normalized spacial score (nSPS) is 15.1. The molecular weight excluding hydrogens is 181 g/mol. The fraction of sp³-hybridized carbons (Fsp3) is 0.545. The van der Waals surface area contributed by atoms with Gasteiger partial charge in [-0.15, -0.1) is 0 Å². The number of pyridine rings is 1. The van der Waals surface area contributed by atoms with E-state index in [0.717, 1.165) is 12.6 Å². The van der Waals surface area contributed by atoms with Crippen LogP contribution in [0.4, 0.5) is 4.39 Å². The van der Waals surface area contributed by atoms with Crippen LogP contribution in [0.3, 0.4) is 0 Å². The van der Waals surface area contributed by atoms with Gasteiger partial charge < -0.3 is 5.11 Å². The van der Waals surface area contributed by atoms with Crippen LogP contribution in [0.1, 0.15) is 38.8 Å². The Balaban J connectivity index is 2.94. The molecule has 78 valence electrons. The first-order valence-corrected chi connectivity index (χ1v) is 4.97. The number of hydrogen-bond acceptors (Lipinski definition) is 2. The molecule has 0 spiro atoms. The third kappa shape index (κ3) is 2.29. The van der Waals surface area contributed by atoms with Gasteiger partial charge >= 0.3 is 0 Å². The first-order valence-electron chi connectivity index (χ1n) is 4.97. The molecular formula is C11H16FNO. The topological polar surface area (TPSA) is 33.1 Å². The van der Waals surface area contributed by atoms with Gasteiger partial charge in [0.25, 0.3) is 0 Å². The van der Waals surface area contributed by atoms with Gasteiger partial charge in [-0.1, -0.05) is 20.3 Å². The predicted molar refractivity (Wildman–Crippen MR) is 53.3 cm³/mol. The van der Waals surface area contributed by atoms with Crippen LogP contribution >= 0.6 is 0 Å². The highest BCUT2D eigenvalue weighted by atomic mass is 19.1. The number of hydrogen-bond donors (Lipinski definition) is 1. The molecule has 0 fully saturated rings. The third-order valence-electron chi connectivity index (χ3n) is 2.45. The van der Waals surface area contributed by atoms with Gasteiger partial charge in [-0.2, -0.15) is 0 Å². The summed E-state index contributed by atoms with van der Waals surface area (Å²) in [6.45, 7) is 3.91. The summed E-state index contributed by atoms with van der Waals surface area (Å²) in [6.07, 6.45) is 3.27. The molecule has 0 aliphatic carbocycles. The Labute approximate surface area is 83.8 Å². The second-order valence-corrected chi connectivity index (χ2v) is 3.50. The Kier molecular flexibility index (Phi) is 3.58. The fourth-order valence-corrected chi connectivity index (χ4v) is 1.55. The molecule has 0 aromatic carbocycles. The molecule has 1 atom stereocenters. The van der Waals surface area contributed by atoms with Crippen LogP contribution in [0, 0.1) is 5.82 Å². The van der Waals surface area contributed by atoms with E-state index in [1.807, 2.05) is 13.8 Å². The molecule has 0 radical (unpaired) electrons. The minimum atomic E-state index is -0.900. The summed E-state index contributed by atoms with van der Waals surface area (Å²) >= 11 is 0. The zero-order valence-corrected chi connectivity index (χ0v) is 8.63. The number of halogens is 1. The number of aromatic nitrogens is 1. The molecule has 1 unspecified atom stereocenters. The maximum Gasteiger partial charge on any atom is 0.141 e. The first kappa shape index (κ1) is 11.1. The van der Waals surface area contributed by atoms with Gasteiger partial charge in [0.15, 0.2) is 0 Å². The van der Waals surface area contributed by atoms with Crippen molar-refractivity contribution >= 4 is 0 Å². The molecule has 0 aliphatic heterocycles. The highest BCUT2D eigenvalue weighted by Gasteiger charge is 2.27. The molecule has 3 heteroatoms. The number of aliphatic hydroxyl groups is 1. The van der Waals surface area contributed by atoms with E-state index >= 15 is 0 Å². The smallest absolute Gasteiger partial charge is 0.141 e. The molecule has 2 nitrogen and oxygen atoms in total. The second kappa shape index (κ2) is 4.51. The lowest BCUT2D eigenvalue weighted by atomic mass is 9.91. The van der Waals surface area contributed by atoms with Crippen LogP contribution in [0.15, 0.2) is 18.3 Å². The van der Waals surface area contributed by atoms with Crippen LogP contribution in [-0.4, -0.2) is 10.1 Å². The zero-order valence-electron chi connectivity index (χ0n) is 8.63. The zero-order chi connectivity index (χ0) is 10.6. The van der Waals surface area contributed by atoms with Crippen LogP contribution < -0.4 is 0 Å². The van der Waals surface area contributed by atoms with Crippen LogP contribution in [0.2, 0.25) is 0 Å². The maximum atomic E-state index is 12.6. The van der Waals surface area contributed by atoms with Crippen molar-refractivity contribution in [3.8, 4) is 0 Å². The van der Waals surface area contributed by atoms with Gasteiger partial charge in [-0.05, 0) is 25.0 Å². The average molecular weight is 197 g/mol. The molecule has 1 rings (SSSR count). The second-order valence-electron chi connectivity index (χ2n) is 3.50. The minimum absolute atomic E-state index is 0.372. The van der Waals surface area contributed by atoms with E-state index in [9.17, 15) is 9.50 Å². The summed E-state index contributed by atoms with van der Waals surface area (Å²) in [5.41, 5.74) is -0.342. The van der Waals surface area contributed by atoms with Gasteiger partial charge in [0, 0.05) is 0 Å². The van der Waals surface area contributed by atoms with Gasteiger partial charge in [0.1, 0.15) is 11.4 Å². The lowest BCUT2D eigenvalue weighted by Gasteiger charge is -2.25. The van der Waals surface area contributed by atoms with Gasteiger partial charge in [0.2, 0.25) is 0 Å². The Morgan fingerprint density at radius 2 is 2.14 bits per heavy atom. The van der Waals surface area contributed by atoms with E-state index in [-0.39, 0.29) is 5.82 Å². The molecule has 1 aromatic rings. The van der Waals surface area contributed by atoms with Crippen molar-refractivity contribution < 1.29 is 9.50 Å².